The summed E-state index contributed by atoms with van der Waals surface area (Å²) in [6, 6.07) is 16.4. The predicted molar refractivity (Wildman–Crippen MR) is 96.9 cm³/mol. The lowest BCUT2D eigenvalue weighted by Gasteiger charge is -2.07. The van der Waals surface area contributed by atoms with E-state index in [0.29, 0.717) is 30.1 Å². The van der Waals surface area contributed by atoms with Crippen LogP contribution in [0, 0.1) is 11.3 Å². The number of amides is 2. The lowest BCUT2D eigenvalue weighted by Crippen LogP contribution is -2.21. The van der Waals surface area contributed by atoms with Gasteiger partial charge in [0.25, 0.3) is 0 Å². The van der Waals surface area contributed by atoms with Crippen molar-refractivity contribution in [1.29, 1.82) is 5.26 Å². The van der Waals surface area contributed by atoms with Gasteiger partial charge < -0.3 is 10.6 Å². The highest BCUT2D eigenvalue weighted by Gasteiger charge is 2.05. The Balaban J connectivity index is 1.79. The maximum Gasteiger partial charge on any atom is 0.234 e. The third-order valence-corrected chi connectivity index (χ3v) is 3.73. The van der Waals surface area contributed by atoms with Gasteiger partial charge in [0.05, 0.1) is 6.07 Å². The maximum atomic E-state index is 12.0. The van der Waals surface area contributed by atoms with Gasteiger partial charge in [0, 0.05) is 23.7 Å². The number of nitrogens with one attached hydrogen (secondary N) is 2. The third-order valence-electron chi connectivity index (χ3n) is 3.50. The first kappa shape index (κ1) is 18.5. The Bertz CT molecular complexity index is 782. The molecule has 0 bridgehead atoms. The van der Waals surface area contributed by atoms with Gasteiger partial charge in [-0.2, -0.15) is 5.26 Å². The molecule has 0 aromatic heterocycles. The molecule has 0 unspecified atom stereocenters. The normalized spacial score (nSPS) is 9.92. The zero-order valence-electron chi connectivity index (χ0n) is 13.6. The monoisotopic (exact) mass is 355 g/mol. The summed E-state index contributed by atoms with van der Waals surface area (Å²) in [4.78, 5) is 23.3. The standard InChI is InChI=1S/C19H18ClN3O2/c20-16-3-1-2-14(12-16)6-9-19(25)23-17-7-4-15(5-8-17)13-22-18(24)10-11-21/h1-5,7-8,12H,6,9-10,13H2,(H,22,24)(H,23,25). The Morgan fingerprint density at radius 2 is 1.80 bits per heavy atom. The molecule has 0 spiro atoms. The van der Waals surface area contributed by atoms with Crippen LogP contribution in [0.15, 0.2) is 48.5 Å². The van der Waals surface area contributed by atoms with Crippen molar-refractivity contribution < 1.29 is 9.59 Å². The molecule has 0 atom stereocenters. The number of aryl methyl sites for hydroxylation is 1. The van der Waals surface area contributed by atoms with Crippen LogP contribution < -0.4 is 10.6 Å². The van der Waals surface area contributed by atoms with Gasteiger partial charge in [0.15, 0.2) is 0 Å². The fourth-order valence-electron chi connectivity index (χ4n) is 2.21. The van der Waals surface area contributed by atoms with Gasteiger partial charge in [0.1, 0.15) is 6.42 Å². The summed E-state index contributed by atoms with van der Waals surface area (Å²) in [6.07, 6.45) is 0.836. The molecule has 0 saturated carbocycles. The molecule has 2 amide bonds. The van der Waals surface area contributed by atoms with E-state index in [1.165, 1.54) is 0 Å². The molecule has 0 saturated heterocycles. The van der Waals surface area contributed by atoms with Crippen LogP contribution >= 0.6 is 11.6 Å². The fraction of sp³-hybridized carbons (Fsp3) is 0.211. The Kier molecular flexibility index (Phi) is 7.00. The van der Waals surface area contributed by atoms with Crippen LogP contribution in [-0.2, 0) is 22.6 Å². The average molecular weight is 356 g/mol. The lowest BCUT2D eigenvalue weighted by atomic mass is 10.1. The molecule has 0 aliphatic rings. The number of carbonyl (C=O) groups excluding carboxylic acids is 2. The molecule has 2 aromatic carbocycles. The van der Waals surface area contributed by atoms with Gasteiger partial charge in [0.2, 0.25) is 11.8 Å². The summed E-state index contributed by atoms with van der Waals surface area (Å²) in [5.41, 5.74) is 2.61. The molecule has 0 heterocycles. The molecule has 0 fully saturated rings. The number of carbonyl (C=O) groups is 2. The number of rotatable bonds is 7. The van der Waals surface area contributed by atoms with Crippen LogP contribution in [-0.4, -0.2) is 11.8 Å². The van der Waals surface area contributed by atoms with Crippen molar-refractivity contribution >= 4 is 29.1 Å². The molecule has 0 aliphatic carbocycles. The highest BCUT2D eigenvalue weighted by Crippen LogP contribution is 2.14. The number of hydrogen-bond donors (Lipinski definition) is 2. The number of halogens is 1. The lowest BCUT2D eigenvalue weighted by molar-refractivity contribution is -0.120. The van der Waals surface area contributed by atoms with Crippen molar-refractivity contribution in [3.8, 4) is 6.07 Å². The molecule has 25 heavy (non-hydrogen) atoms. The van der Waals surface area contributed by atoms with Gasteiger partial charge in [-0.3, -0.25) is 9.59 Å². The fourth-order valence-corrected chi connectivity index (χ4v) is 2.43. The molecule has 2 aromatic rings. The second kappa shape index (κ2) is 9.45. The zero-order valence-corrected chi connectivity index (χ0v) is 14.3. The topological polar surface area (TPSA) is 82.0 Å². The molecular weight excluding hydrogens is 338 g/mol. The highest BCUT2D eigenvalue weighted by atomic mass is 35.5. The van der Waals surface area contributed by atoms with Crippen molar-refractivity contribution in [3.05, 3.63) is 64.7 Å². The number of nitrogens with zero attached hydrogens (tertiary/aromatic N) is 1. The van der Waals surface area contributed by atoms with Crippen molar-refractivity contribution in [2.24, 2.45) is 0 Å². The molecule has 6 heteroatoms. The molecule has 5 nitrogen and oxygen atoms in total. The first-order valence-corrected chi connectivity index (χ1v) is 8.21. The van der Waals surface area contributed by atoms with E-state index in [1.807, 2.05) is 30.3 Å². The number of benzene rings is 2. The largest absolute Gasteiger partial charge is 0.351 e. The van der Waals surface area contributed by atoms with Gasteiger partial charge in [-0.1, -0.05) is 35.9 Å². The average Bonchev–Trinajstić information content (AvgIpc) is 2.60. The van der Waals surface area contributed by atoms with Gasteiger partial charge in [-0.05, 0) is 41.8 Å². The highest BCUT2D eigenvalue weighted by molar-refractivity contribution is 6.30. The molecule has 0 aliphatic heterocycles. The van der Waals surface area contributed by atoms with E-state index >= 15 is 0 Å². The van der Waals surface area contributed by atoms with E-state index in [-0.39, 0.29) is 18.2 Å². The Hall–Kier alpha value is -2.84. The van der Waals surface area contributed by atoms with Crippen LogP contribution in [0.3, 0.4) is 0 Å². The summed E-state index contributed by atoms with van der Waals surface area (Å²) >= 11 is 5.92. The maximum absolute atomic E-state index is 12.0. The minimum Gasteiger partial charge on any atom is -0.351 e. The predicted octanol–water partition coefficient (Wildman–Crippen LogP) is 3.44. The molecular formula is C19H18ClN3O2. The second-order valence-electron chi connectivity index (χ2n) is 5.49. The molecule has 0 radical (unpaired) electrons. The van der Waals surface area contributed by atoms with Gasteiger partial charge in [-0.25, -0.2) is 0 Å². The third kappa shape index (κ3) is 6.66. The van der Waals surface area contributed by atoms with E-state index in [0.717, 1.165) is 11.1 Å². The van der Waals surface area contributed by atoms with E-state index in [2.05, 4.69) is 10.6 Å². The van der Waals surface area contributed by atoms with E-state index in [9.17, 15) is 9.59 Å². The quantitative estimate of drug-likeness (QED) is 0.798. The Morgan fingerprint density at radius 1 is 1.04 bits per heavy atom. The van der Waals surface area contributed by atoms with Crippen molar-refractivity contribution in [3.63, 3.8) is 0 Å². The van der Waals surface area contributed by atoms with Crippen molar-refractivity contribution in [1.82, 2.24) is 5.32 Å². The number of nitriles is 1. The molecule has 2 rings (SSSR count). The van der Waals surface area contributed by atoms with Crippen LogP contribution in [0.4, 0.5) is 5.69 Å². The minimum atomic E-state index is -0.305. The van der Waals surface area contributed by atoms with Gasteiger partial charge >= 0.3 is 0 Å². The number of hydrogen-bond acceptors (Lipinski definition) is 3. The van der Waals surface area contributed by atoms with Crippen molar-refractivity contribution in [2.45, 2.75) is 25.8 Å². The minimum absolute atomic E-state index is 0.0740. The first-order chi connectivity index (χ1) is 12.1. The molecule has 128 valence electrons. The molecule has 2 N–H and O–H groups in total. The second-order valence-corrected chi connectivity index (χ2v) is 5.92. The van der Waals surface area contributed by atoms with Crippen LogP contribution in [0.2, 0.25) is 5.02 Å². The smallest absolute Gasteiger partial charge is 0.234 e. The van der Waals surface area contributed by atoms with Crippen LogP contribution in [0.25, 0.3) is 0 Å². The van der Waals surface area contributed by atoms with Crippen LogP contribution in [0.5, 0.6) is 0 Å². The summed E-state index contributed by atoms with van der Waals surface area (Å²) in [5.74, 6) is -0.379. The van der Waals surface area contributed by atoms with E-state index < -0.39 is 0 Å². The zero-order chi connectivity index (χ0) is 18.1. The number of anilines is 1. The Labute approximate surface area is 151 Å². The van der Waals surface area contributed by atoms with Crippen LogP contribution in [0.1, 0.15) is 24.0 Å². The van der Waals surface area contributed by atoms with E-state index in [4.69, 9.17) is 16.9 Å². The summed E-state index contributed by atoms with van der Waals surface area (Å²) in [7, 11) is 0. The summed E-state index contributed by atoms with van der Waals surface area (Å²) in [5, 5.41) is 14.6. The Morgan fingerprint density at radius 3 is 2.48 bits per heavy atom. The van der Waals surface area contributed by atoms with Gasteiger partial charge in [-0.15, -0.1) is 0 Å². The summed E-state index contributed by atoms with van der Waals surface area (Å²) in [6.45, 7) is 0.351. The first-order valence-electron chi connectivity index (χ1n) is 7.83. The van der Waals surface area contributed by atoms with Crippen molar-refractivity contribution in [2.75, 3.05) is 5.32 Å². The van der Waals surface area contributed by atoms with E-state index in [1.54, 1.807) is 24.3 Å². The summed E-state index contributed by atoms with van der Waals surface area (Å²) < 4.78 is 0. The SMILES string of the molecule is N#CCC(=O)NCc1ccc(NC(=O)CCc2cccc(Cl)c2)cc1.